The van der Waals surface area contributed by atoms with E-state index in [1.807, 2.05) is 41.1 Å². The zero-order valence-electron chi connectivity index (χ0n) is 8.25. The van der Waals surface area contributed by atoms with Crippen LogP contribution in [-0.2, 0) is 0 Å². The highest BCUT2D eigenvalue weighted by Crippen LogP contribution is 2.15. The van der Waals surface area contributed by atoms with E-state index >= 15 is 0 Å². The Morgan fingerprint density at radius 1 is 1.40 bits per heavy atom. The van der Waals surface area contributed by atoms with Gasteiger partial charge in [0.25, 0.3) is 0 Å². The first kappa shape index (κ1) is 9.45. The lowest BCUT2D eigenvalue weighted by Crippen LogP contribution is -1.92. The highest BCUT2D eigenvalue weighted by Gasteiger charge is 2.05. The normalized spacial score (nSPS) is 11.9. The maximum absolute atomic E-state index is 10.5. The summed E-state index contributed by atoms with van der Waals surface area (Å²) in [5.74, 6) is 0. The van der Waals surface area contributed by atoms with Crippen LogP contribution < -0.4 is 0 Å². The molecule has 2 heterocycles. The fraction of sp³-hybridized carbons (Fsp3) is 0.0909. The average Bonchev–Trinajstić information content (AvgIpc) is 2.62. The molecular weight excluding hydrogens is 192 g/mol. The number of nitro groups is 1. The van der Waals surface area contributed by atoms with Crippen molar-refractivity contribution >= 4 is 11.6 Å². The summed E-state index contributed by atoms with van der Waals surface area (Å²) in [6.07, 6.45) is 5.37. The molecule has 0 amide bonds. The Balaban J connectivity index is 2.54. The number of allylic oxidation sites excluding steroid dienone is 1. The van der Waals surface area contributed by atoms with E-state index in [2.05, 4.69) is 0 Å². The molecule has 4 nitrogen and oxygen atoms in total. The Kier molecular flexibility index (Phi) is 2.25. The number of rotatable bonds is 2. The minimum absolute atomic E-state index is 0.145. The molecule has 4 heteroatoms. The summed E-state index contributed by atoms with van der Waals surface area (Å²) in [5.41, 5.74) is 1.98. The molecule has 0 atom stereocenters. The Hall–Kier alpha value is -2.10. The van der Waals surface area contributed by atoms with Gasteiger partial charge in [-0.1, -0.05) is 6.07 Å². The van der Waals surface area contributed by atoms with Gasteiger partial charge >= 0.3 is 0 Å². The van der Waals surface area contributed by atoms with E-state index in [9.17, 15) is 10.1 Å². The fourth-order valence-electron chi connectivity index (χ4n) is 1.48. The van der Waals surface area contributed by atoms with Crippen LogP contribution in [0.15, 0.2) is 42.4 Å². The van der Waals surface area contributed by atoms with E-state index in [4.69, 9.17) is 0 Å². The monoisotopic (exact) mass is 202 g/mol. The van der Waals surface area contributed by atoms with Gasteiger partial charge in [0.05, 0.1) is 10.4 Å². The first-order valence-corrected chi connectivity index (χ1v) is 4.57. The molecule has 0 spiro atoms. The Bertz CT molecular complexity index is 540. The van der Waals surface area contributed by atoms with Gasteiger partial charge < -0.3 is 4.40 Å². The summed E-state index contributed by atoms with van der Waals surface area (Å²) in [7, 11) is 0. The van der Waals surface area contributed by atoms with Gasteiger partial charge in [-0.3, -0.25) is 10.1 Å². The van der Waals surface area contributed by atoms with Gasteiger partial charge in [0.1, 0.15) is 0 Å². The van der Waals surface area contributed by atoms with Crippen molar-refractivity contribution in [2.45, 2.75) is 6.92 Å². The number of hydrogen-bond donors (Lipinski definition) is 0. The molecule has 76 valence electrons. The molecule has 15 heavy (non-hydrogen) atoms. The molecule has 0 unspecified atom stereocenters. The molecule has 2 aromatic rings. The summed E-state index contributed by atoms with van der Waals surface area (Å²) in [6, 6.07) is 7.62. The number of pyridine rings is 1. The van der Waals surface area contributed by atoms with E-state index in [1.54, 1.807) is 6.08 Å². The van der Waals surface area contributed by atoms with Crippen LogP contribution in [0, 0.1) is 10.1 Å². The van der Waals surface area contributed by atoms with E-state index in [-0.39, 0.29) is 10.6 Å². The van der Waals surface area contributed by atoms with Gasteiger partial charge in [0, 0.05) is 31.0 Å². The molecule has 0 N–H and O–H groups in total. The third-order valence-corrected chi connectivity index (χ3v) is 2.25. The third kappa shape index (κ3) is 1.74. The molecule has 0 aliphatic heterocycles. The van der Waals surface area contributed by atoms with Gasteiger partial charge in [0.2, 0.25) is 5.70 Å². The molecule has 0 aliphatic carbocycles. The van der Waals surface area contributed by atoms with Crippen LogP contribution in [0.3, 0.4) is 0 Å². The topological polar surface area (TPSA) is 47.5 Å². The number of nitrogens with zero attached hydrogens (tertiary/aromatic N) is 2. The molecule has 2 aromatic heterocycles. The van der Waals surface area contributed by atoms with Gasteiger partial charge in [-0.2, -0.15) is 0 Å². The minimum atomic E-state index is -0.383. The van der Waals surface area contributed by atoms with Crippen molar-refractivity contribution in [3.05, 3.63) is 58.0 Å². The lowest BCUT2D eigenvalue weighted by Gasteiger charge is -1.94. The van der Waals surface area contributed by atoms with E-state index in [0.29, 0.717) is 0 Å². The predicted octanol–water partition coefficient (Wildman–Crippen LogP) is 2.58. The first-order chi connectivity index (χ1) is 7.18. The Morgan fingerprint density at radius 2 is 2.20 bits per heavy atom. The largest absolute Gasteiger partial charge is 0.323 e. The predicted molar refractivity (Wildman–Crippen MR) is 58.0 cm³/mol. The summed E-state index contributed by atoms with van der Waals surface area (Å²) in [5, 5.41) is 10.5. The van der Waals surface area contributed by atoms with E-state index < -0.39 is 0 Å². The standard InChI is InChI=1S/C11H10N2O2/c1-9(13(14)15)8-10-5-7-12-6-3-2-4-11(10)12/h2-8H,1H3. The van der Waals surface area contributed by atoms with Crippen molar-refractivity contribution in [1.82, 2.24) is 4.40 Å². The molecule has 0 saturated carbocycles. The number of fused-ring (bicyclic) bond motifs is 1. The highest BCUT2D eigenvalue weighted by atomic mass is 16.6. The average molecular weight is 202 g/mol. The van der Waals surface area contributed by atoms with Crippen LogP contribution >= 0.6 is 0 Å². The SMILES string of the molecule is CC(=Cc1ccn2ccccc12)[N+](=O)[O-]. The maximum atomic E-state index is 10.5. The second kappa shape index (κ2) is 3.57. The number of aromatic nitrogens is 1. The van der Waals surface area contributed by atoms with Crippen molar-refractivity contribution in [2.24, 2.45) is 0 Å². The maximum Gasteiger partial charge on any atom is 0.243 e. The van der Waals surface area contributed by atoms with Crippen LogP contribution in [0.5, 0.6) is 0 Å². The zero-order valence-corrected chi connectivity index (χ0v) is 8.25. The quantitative estimate of drug-likeness (QED) is 0.555. The van der Waals surface area contributed by atoms with Crippen LogP contribution in [0.4, 0.5) is 0 Å². The summed E-state index contributed by atoms with van der Waals surface area (Å²) < 4.78 is 1.93. The molecule has 0 aromatic carbocycles. The van der Waals surface area contributed by atoms with E-state index in [1.165, 1.54) is 6.92 Å². The summed E-state index contributed by atoms with van der Waals surface area (Å²) >= 11 is 0. The van der Waals surface area contributed by atoms with Crippen LogP contribution in [0.1, 0.15) is 12.5 Å². The van der Waals surface area contributed by atoms with Gasteiger partial charge in [-0.05, 0) is 18.2 Å². The van der Waals surface area contributed by atoms with Gasteiger partial charge in [-0.15, -0.1) is 0 Å². The van der Waals surface area contributed by atoms with Crippen molar-refractivity contribution in [3.63, 3.8) is 0 Å². The summed E-state index contributed by atoms with van der Waals surface area (Å²) in [4.78, 5) is 10.1. The molecule has 0 fully saturated rings. The van der Waals surface area contributed by atoms with Crippen LogP contribution in [0.25, 0.3) is 11.6 Å². The minimum Gasteiger partial charge on any atom is -0.323 e. The third-order valence-electron chi connectivity index (χ3n) is 2.25. The molecular formula is C11H10N2O2. The van der Waals surface area contributed by atoms with Gasteiger partial charge in [-0.25, -0.2) is 0 Å². The van der Waals surface area contributed by atoms with Crippen LogP contribution in [-0.4, -0.2) is 9.32 Å². The first-order valence-electron chi connectivity index (χ1n) is 4.57. The molecule has 0 bridgehead atoms. The molecule has 0 radical (unpaired) electrons. The molecule has 0 aliphatic rings. The van der Waals surface area contributed by atoms with Crippen molar-refractivity contribution in [3.8, 4) is 0 Å². The smallest absolute Gasteiger partial charge is 0.243 e. The molecule has 0 saturated heterocycles. The Morgan fingerprint density at radius 3 is 2.93 bits per heavy atom. The number of hydrogen-bond acceptors (Lipinski definition) is 2. The Labute approximate surface area is 86.6 Å². The van der Waals surface area contributed by atoms with Crippen LogP contribution in [0.2, 0.25) is 0 Å². The lowest BCUT2D eigenvalue weighted by atomic mass is 10.2. The highest BCUT2D eigenvalue weighted by molar-refractivity contribution is 5.70. The second-order valence-electron chi connectivity index (χ2n) is 3.31. The van der Waals surface area contributed by atoms with Gasteiger partial charge in [0.15, 0.2) is 0 Å². The van der Waals surface area contributed by atoms with Crippen molar-refractivity contribution in [1.29, 1.82) is 0 Å². The van der Waals surface area contributed by atoms with Crippen molar-refractivity contribution < 1.29 is 4.92 Å². The fourth-order valence-corrected chi connectivity index (χ4v) is 1.48. The lowest BCUT2D eigenvalue weighted by molar-refractivity contribution is -0.422. The summed E-state index contributed by atoms with van der Waals surface area (Å²) in [6.45, 7) is 1.49. The molecule has 2 rings (SSSR count). The van der Waals surface area contributed by atoms with E-state index in [0.717, 1.165) is 11.1 Å². The van der Waals surface area contributed by atoms with Crippen molar-refractivity contribution in [2.75, 3.05) is 0 Å². The second-order valence-corrected chi connectivity index (χ2v) is 3.31. The zero-order chi connectivity index (χ0) is 10.8.